The number of carbonyl (C=O) groups is 1. The number of furan rings is 1. The Morgan fingerprint density at radius 1 is 1.10 bits per heavy atom. The maximum absolute atomic E-state index is 12.7. The SMILES string of the molecule is O=C(CCN(c1nc(-c2ccco2)nc2ccccc12)C1CC1)N1CCOCC1. The molecule has 7 heteroatoms. The van der Waals surface area contributed by atoms with Crippen molar-refractivity contribution in [1.82, 2.24) is 14.9 Å². The van der Waals surface area contributed by atoms with E-state index in [-0.39, 0.29) is 5.91 Å². The van der Waals surface area contributed by atoms with Crippen molar-refractivity contribution >= 4 is 22.6 Å². The predicted octanol–water partition coefficient (Wildman–Crippen LogP) is 3.11. The van der Waals surface area contributed by atoms with Gasteiger partial charge in [0.2, 0.25) is 5.91 Å². The molecule has 0 radical (unpaired) electrons. The van der Waals surface area contributed by atoms with Crippen molar-refractivity contribution in [3.63, 3.8) is 0 Å². The molecule has 1 saturated heterocycles. The zero-order valence-corrected chi connectivity index (χ0v) is 16.3. The second-order valence-electron chi connectivity index (χ2n) is 7.53. The smallest absolute Gasteiger partial charge is 0.224 e. The van der Waals surface area contributed by atoms with E-state index in [2.05, 4.69) is 16.0 Å². The molecule has 1 aromatic carbocycles. The first-order valence-corrected chi connectivity index (χ1v) is 10.2. The van der Waals surface area contributed by atoms with Crippen LogP contribution in [-0.4, -0.2) is 59.7 Å². The lowest BCUT2D eigenvalue weighted by molar-refractivity contribution is -0.135. The Kier molecular flexibility index (Phi) is 4.89. The molecule has 0 bridgehead atoms. The van der Waals surface area contributed by atoms with Gasteiger partial charge in [0.15, 0.2) is 11.6 Å². The summed E-state index contributed by atoms with van der Waals surface area (Å²) in [7, 11) is 0. The molecule has 2 aromatic heterocycles. The van der Waals surface area contributed by atoms with Crippen LogP contribution in [0, 0.1) is 0 Å². The van der Waals surface area contributed by atoms with Crippen LogP contribution in [0.1, 0.15) is 19.3 Å². The molecule has 1 aliphatic heterocycles. The third kappa shape index (κ3) is 3.82. The van der Waals surface area contributed by atoms with Gasteiger partial charge in [0.1, 0.15) is 5.82 Å². The normalized spacial score (nSPS) is 16.9. The molecule has 1 aliphatic carbocycles. The van der Waals surface area contributed by atoms with Crippen molar-refractivity contribution in [2.75, 3.05) is 37.7 Å². The highest BCUT2D eigenvalue weighted by atomic mass is 16.5. The number of ether oxygens (including phenoxy) is 1. The summed E-state index contributed by atoms with van der Waals surface area (Å²) in [4.78, 5) is 26.4. The Bertz CT molecular complexity index is 994. The minimum absolute atomic E-state index is 0.184. The third-order valence-corrected chi connectivity index (χ3v) is 5.51. The quantitative estimate of drug-likeness (QED) is 0.642. The fourth-order valence-corrected chi connectivity index (χ4v) is 3.83. The van der Waals surface area contributed by atoms with Crippen molar-refractivity contribution < 1.29 is 13.9 Å². The highest BCUT2D eigenvalue weighted by Crippen LogP contribution is 2.35. The van der Waals surface area contributed by atoms with E-state index < -0.39 is 0 Å². The van der Waals surface area contributed by atoms with Gasteiger partial charge in [-0.2, -0.15) is 0 Å². The topological polar surface area (TPSA) is 71.7 Å². The minimum atomic E-state index is 0.184. The van der Waals surface area contributed by atoms with E-state index in [1.54, 1.807) is 6.26 Å². The summed E-state index contributed by atoms with van der Waals surface area (Å²) < 4.78 is 10.9. The molecule has 2 aliphatic rings. The third-order valence-electron chi connectivity index (χ3n) is 5.51. The summed E-state index contributed by atoms with van der Waals surface area (Å²) in [6.07, 6.45) is 4.36. The Labute approximate surface area is 169 Å². The first-order valence-electron chi connectivity index (χ1n) is 10.2. The molecule has 1 saturated carbocycles. The average Bonchev–Trinajstić information content (AvgIpc) is 3.46. The van der Waals surface area contributed by atoms with Crippen LogP contribution < -0.4 is 4.90 Å². The largest absolute Gasteiger partial charge is 0.461 e. The molecule has 0 atom stereocenters. The molecule has 3 heterocycles. The Morgan fingerprint density at radius 3 is 2.69 bits per heavy atom. The van der Waals surface area contributed by atoms with Crippen LogP contribution in [-0.2, 0) is 9.53 Å². The lowest BCUT2D eigenvalue weighted by atomic mass is 10.2. The first kappa shape index (κ1) is 18.1. The van der Waals surface area contributed by atoms with E-state index in [1.807, 2.05) is 35.2 Å². The van der Waals surface area contributed by atoms with E-state index in [0.717, 1.165) is 29.6 Å². The van der Waals surface area contributed by atoms with Gasteiger partial charge < -0.3 is 19.0 Å². The van der Waals surface area contributed by atoms with Crippen molar-refractivity contribution in [1.29, 1.82) is 0 Å². The van der Waals surface area contributed by atoms with Crippen molar-refractivity contribution in [3.05, 3.63) is 42.7 Å². The number of rotatable bonds is 6. The van der Waals surface area contributed by atoms with Crippen LogP contribution in [0.3, 0.4) is 0 Å². The van der Waals surface area contributed by atoms with Crippen LogP contribution in [0.5, 0.6) is 0 Å². The van der Waals surface area contributed by atoms with Gasteiger partial charge >= 0.3 is 0 Å². The number of hydrogen-bond donors (Lipinski definition) is 0. The molecule has 150 valence electrons. The number of carbonyl (C=O) groups excluding carboxylic acids is 1. The predicted molar refractivity (Wildman–Crippen MR) is 110 cm³/mol. The van der Waals surface area contributed by atoms with Crippen LogP contribution >= 0.6 is 0 Å². The van der Waals surface area contributed by atoms with Gasteiger partial charge in [0, 0.05) is 37.5 Å². The van der Waals surface area contributed by atoms with Gasteiger partial charge in [-0.05, 0) is 37.1 Å². The number of benzene rings is 1. The summed E-state index contributed by atoms with van der Waals surface area (Å²) >= 11 is 0. The summed E-state index contributed by atoms with van der Waals surface area (Å²) in [6, 6.07) is 12.2. The molecular formula is C22H24N4O3. The minimum Gasteiger partial charge on any atom is -0.461 e. The molecule has 3 aromatic rings. The van der Waals surface area contributed by atoms with Crippen LogP contribution in [0.15, 0.2) is 47.1 Å². The molecule has 7 nitrogen and oxygen atoms in total. The number of hydrogen-bond acceptors (Lipinski definition) is 6. The number of aromatic nitrogens is 2. The van der Waals surface area contributed by atoms with Crippen molar-refractivity contribution in [2.45, 2.75) is 25.3 Å². The van der Waals surface area contributed by atoms with E-state index in [1.165, 1.54) is 0 Å². The van der Waals surface area contributed by atoms with E-state index in [4.69, 9.17) is 14.1 Å². The lowest BCUT2D eigenvalue weighted by Gasteiger charge is -2.29. The van der Waals surface area contributed by atoms with Gasteiger partial charge in [-0.3, -0.25) is 4.79 Å². The van der Waals surface area contributed by atoms with E-state index in [0.29, 0.717) is 56.9 Å². The van der Waals surface area contributed by atoms with Crippen molar-refractivity contribution in [2.24, 2.45) is 0 Å². The maximum Gasteiger partial charge on any atom is 0.224 e. The molecule has 0 unspecified atom stereocenters. The Hall–Kier alpha value is -2.93. The average molecular weight is 392 g/mol. The summed E-state index contributed by atoms with van der Waals surface area (Å²) in [5, 5.41) is 1.01. The van der Waals surface area contributed by atoms with Crippen LogP contribution in [0.25, 0.3) is 22.5 Å². The summed E-state index contributed by atoms with van der Waals surface area (Å²) in [6.45, 7) is 3.27. The van der Waals surface area contributed by atoms with Gasteiger partial charge in [-0.15, -0.1) is 0 Å². The lowest BCUT2D eigenvalue weighted by Crippen LogP contribution is -2.42. The Morgan fingerprint density at radius 2 is 1.93 bits per heavy atom. The second-order valence-corrected chi connectivity index (χ2v) is 7.53. The van der Waals surface area contributed by atoms with Gasteiger partial charge in [0.05, 0.1) is 25.0 Å². The number of amides is 1. The molecule has 0 spiro atoms. The number of para-hydroxylation sites is 1. The fraction of sp³-hybridized carbons (Fsp3) is 0.409. The number of nitrogens with zero attached hydrogens (tertiary/aromatic N) is 4. The standard InChI is InChI=1S/C22H24N4O3/c27-20(25-11-14-28-15-12-25)9-10-26(16-7-8-16)22-17-4-1-2-5-18(17)23-21(24-22)19-6-3-13-29-19/h1-6,13,16H,7-12,14-15H2. The number of morpholine rings is 1. The van der Waals surface area contributed by atoms with Crippen LogP contribution in [0.2, 0.25) is 0 Å². The molecular weight excluding hydrogens is 368 g/mol. The second kappa shape index (κ2) is 7.83. The van der Waals surface area contributed by atoms with E-state index in [9.17, 15) is 4.79 Å². The number of anilines is 1. The maximum atomic E-state index is 12.7. The summed E-state index contributed by atoms with van der Waals surface area (Å²) in [5.41, 5.74) is 0.883. The molecule has 5 rings (SSSR count). The zero-order valence-electron chi connectivity index (χ0n) is 16.3. The highest BCUT2D eigenvalue weighted by molar-refractivity contribution is 5.91. The zero-order chi connectivity index (χ0) is 19.6. The van der Waals surface area contributed by atoms with Gasteiger partial charge in [0.25, 0.3) is 0 Å². The van der Waals surface area contributed by atoms with Crippen LogP contribution in [0.4, 0.5) is 5.82 Å². The summed E-state index contributed by atoms with van der Waals surface area (Å²) in [5.74, 6) is 2.30. The number of fused-ring (bicyclic) bond motifs is 1. The van der Waals surface area contributed by atoms with E-state index >= 15 is 0 Å². The monoisotopic (exact) mass is 392 g/mol. The molecule has 1 amide bonds. The molecule has 29 heavy (non-hydrogen) atoms. The fourth-order valence-electron chi connectivity index (χ4n) is 3.83. The molecule has 2 fully saturated rings. The van der Waals surface area contributed by atoms with Gasteiger partial charge in [-0.25, -0.2) is 9.97 Å². The first-order chi connectivity index (χ1) is 14.3. The highest BCUT2D eigenvalue weighted by Gasteiger charge is 2.32. The van der Waals surface area contributed by atoms with Gasteiger partial charge in [-0.1, -0.05) is 12.1 Å². The van der Waals surface area contributed by atoms with Crippen molar-refractivity contribution in [3.8, 4) is 11.6 Å². The Balaban J connectivity index is 1.45. The molecule has 0 N–H and O–H groups in total.